The van der Waals surface area contributed by atoms with Gasteiger partial charge < -0.3 is 14.6 Å². The van der Waals surface area contributed by atoms with Crippen LogP contribution in [0.5, 0.6) is 0 Å². The minimum Gasteiger partial charge on any atom is -0.462 e. The van der Waals surface area contributed by atoms with Gasteiger partial charge in [0.25, 0.3) is 0 Å². The number of aliphatic hydroxyl groups excluding tert-OH is 1. The van der Waals surface area contributed by atoms with Crippen molar-refractivity contribution in [1.82, 2.24) is 0 Å². The Morgan fingerprint density at radius 1 is 0.293 bits per heavy atom. The van der Waals surface area contributed by atoms with Gasteiger partial charge in [0.2, 0.25) is 0 Å². The largest absolute Gasteiger partial charge is 0.462 e. The molecular weight excluding hydrogens is 1000 g/mol. The maximum absolute atomic E-state index is 12.4. The summed E-state index contributed by atoms with van der Waals surface area (Å²) in [6.45, 7) is 4.09. The molecule has 480 valence electrons. The van der Waals surface area contributed by atoms with Crippen LogP contribution in [0.2, 0.25) is 0 Å². The zero-order chi connectivity index (χ0) is 59.1. The van der Waals surface area contributed by atoms with Crippen LogP contribution in [0, 0.1) is 0 Å². The second-order valence-electron chi connectivity index (χ2n) is 25.0. The van der Waals surface area contributed by atoms with Crippen LogP contribution in [-0.4, -0.2) is 36.4 Å². The van der Waals surface area contributed by atoms with Gasteiger partial charge in [0.15, 0.2) is 6.10 Å². The van der Waals surface area contributed by atoms with Crippen LogP contribution in [0.15, 0.2) is 60.8 Å². The smallest absolute Gasteiger partial charge is 0.306 e. The number of carbonyl (C=O) groups excluding carboxylic acids is 2. The molecule has 0 aromatic rings. The van der Waals surface area contributed by atoms with Crippen molar-refractivity contribution in [3.8, 4) is 0 Å². The number of unbranched alkanes of at least 4 members (excludes halogenated alkanes) is 51. The summed E-state index contributed by atoms with van der Waals surface area (Å²) in [5.74, 6) is -0.570. The first kappa shape index (κ1) is 79.6. The van der Waals surface area contributed by atoms with Crippen molar-refractivity contribution in [2.45, 2.75) is 405 Å². The lowest BCUT2D eigenvalue weighted by molar-refractivity contribution is -0.161. The highest BCUT2D eigenvalue weighted by Crippen LogP contribution is 2.19. The summed E-state index contributed by atoms with van der Waals surface area (Å²) in [5, 5.41) is 9.71. The third-order valence-corrected chi connectivity index (χ3v) is 16.8. The van der Waals surface area contributed by atoms with Gasteiger partial charge in [-0.3, -0.25) is 9.59 Å². The highest BCUT2D eigenvalue weighted by molar-refractivity contribution is 5.70. The average Bonchev–Trinajstić information content (AvgIpc) is 3.49. The Morgan fingerprint density at radius 3 is 0.793 bits per heavy atom. The molecule has 0 spiro atoms. The number of aliphatic hydroxyl groups is 1. The van der Waals surface area contributed by atoms with Gasteiger partial charge in [0, 0.05) is 12.8 Å². The molecule has 0 heterocycles. The molecule has 0 fully saturated rings. The Bertz CT molecular complexity index is 1390. The number of allylic oxidation sites excluding steroid dienone is 10. The Balaban J connectivity index is 3.38. The van der Waals surface area contributed by atoms with Gasteiger partial charge in [-0.15, -0.1) is 0 Å². The van der Waals surface area contributed by atoms with E-state index in [0.717, 1.165) is 64.2 Å². The number of hydrogen-bond donors (Lipinski definition) is 1. The van der Waals surface area contributed by atoms with Crippen molar-refractivity contribution in [3.63, 3.8) is 0 Å². The summed E-state index contributed by atoms with van der Waals surface area (Å²) in [6.07, 6.45) is 100.0. The fraction of sp³-hybridized carbons (Fsp3) is 0.844. The molecule has 5 heteroatoms. The molecule has 0 saturated heterocycles. The van der Waals surface area contributed by atoms with E-state index in [-0.39, 0.29) is 25.2 Å². The van der Waals surface area contributed by atoms with Crippen molar-refractivity contribution in [2.75, 3.05) is 13.2 Å². The first-order valence-electron chi connectivity index (χ1n) is 36.8. The second kappa shape index (κ2) is 72.9. The lowest BCUT2D eigenvalue weighted by Gasteiger charge is -2.15. The Morgan fingerprint density at radius 2 is 0.524 bits per heavy atom. The summed E-state index contributed by atoms with van der Waals surface area (Å²) < 4.78 is 10.8. The second-order valence-corrected chi connectivity index (χ2v) is 25.0. The molecule has 0 aliphatic heterocycles. The molecule has 1 unspecified atom stereocenters. The minimum absolute atomic E-state index is 0.0617. The van der Waals surface area contributed by atoms with Crippen molar-refractivity contribution in [3.05, 3.63) is 60.8 Å². The number of ether oxygens (including phenoxy) is 2. The maximum Gasteiger partial charge on any atom is 0.306 e. The molecule has 1 atom stereocenters. The van der Waals surface area contributed by atoms with E-state index in [0.29, 0.717) is 12.8 Å². The van der Waals surface area contributed by atoms with Crippen LogP contribution in [0.25, 0.3) is 0 Å². The van der Waals surface area contributed by atoms with Crippen LogP contribution >= 0.6 is 0 Å². The van der Waals surface area contributed by atoms with Crippen LogP contribution in [0.4, 0.5) is 0 Å². The molecule has 0 saturated carbocycles. The number of hydrogen-bond acceptors (Lipinski definition) is 5. The van der Waals surface area contributed by atoms with Crippen molar-refractivity contribution in [2.24, 2.45) is 0 Å². The predicted molar refractivity (Wildman–Crippen MR) is 362 cm³/mol. The molecular formula is C77H142O5. The molecule has 0 aliphatic rings. The first-order valence-corrected chi connectivity index (χ1v) is 36.8. The van der Waals surface area contributed by atoms with E-state index >= 15 is 0 Å². The van der Waals surface area contributed by atoms with Gasteiger partial charge in [-0.1, -0.05) is 389 Å². The molecule has 0 rings (SSSR count). The van der Waals surface area contributed by atoms with Crippen molar-refractivity contribution in [1.29, 1.82) is 0 Å². The standard InChI is InChI=1S/C77H142O5/c1-3-5-7-9-11-13-15-17-19-21-23-25-27-29-31-33-35-36-37-38-39-40-42-43-45-47-49-51-53-55-57-59-61-63-65-67-69-71-76(79)81-74-75(73-78)82-77(80)72-70-68-66-64-62-60-58-56-54-52-50-48-46-44-41-34-32-30-28-26-24-22-20-18-16-14-12-10-8-6-4-2/h6,8,12,14,18,20,24,26,30,32,75,78H,3-5,7,9-11,13,15-17,19,21-23,25,27-29,31,33-74H2,1-2H3/b8-6-,14-12-,20-18-,26-24-,32-30-. The van der Waals surface area contributed by atoms with E-state index in [1.165, 1.54) is 308 Å². The predicted octanol–water partition coefficient (Wildman–Crippen LogP) is 25.7. The molecule has 0 radical (unpaired) electrons. The SMILES string of the molecule is CC/C=C\C/C=C\C/C=C\C/C=C\C/C=C\CCCCCCCCCCCCCCCCCC(=O)OC(CO)COC(=O)CCCCCCCCCCCCCCCCCCCCCCCCCCCCCCCCCCCCCCC. The summed E-state index contributed by atoms with van der Waals surface area (Å²) >= 11 is 0. The summed E-state index contributed by atoms with van der Waals surface area (Å²) in [7, 11) is 0. The van der Waals surface area contributed by atoms with E-state index in [2.05, 4.69) is 74.6 Å². The van der Waals surface area contributed by atoms with Crippen LogP contribution in [-0.2, 0) is 19.1 Å². The monoisotopic (exact) mass is 1150 g/mol. The van der Waals surface area contributed by atoms with Crippen LogP contribution in [0.3, 0.4) is 0 Å². The molecule has 0 amide bonds. The number of esters is 2. The van der Waals surface area contributed by atoms with E-state index < -0.39 is 6.10 Å². The van der Waals surface area contributed by atoms with Gasteiger partial charge in [-0.2, -0.15) is 0 Å². The lowest BCUT2D eigenvalue weighted by atomic mass is 10.0. The van der Waals surface area contributed by atoms with Gasteiger partial charge in [0.05, 0.1) is 6.61 Å². The molecule has 0 aromatic heterocycles. The highest BCUT2D eigenvalue weighted by Gasteiger charge is 2.16. The minimum atomic E-state index is -0.773. The first-order chi connectivity index (χ1) is 40.6. The van der Waals surface area contributed by atoms with E-state index in [1.54, 1.807) is 0 Å². The maximum atomic E-state index is 12.4. The summed E-state index contributed by atoms with van der Waals surface area (Å²) in [4.78, 5) is 24.7. The highest BCUT2D eigenvalue weighted by atomic mass is 16.6. The van der Waals surface area contributed by atoms with E-state index in [9.17, 15) is 14.7 Å². The van der Waals surface area contributed by atoms with Gasteiger partial charge in [0.1, 0.15) is 6.61 Å². The summed E-state index contributed by atoms with van der Waals surface area (Å²) in [6, 6.07) is 0. The quantitative estimate of drug-likeness (QED) is 0.0373. The average molecular weight is 1150 g/mol. The topological polar surface area (TPSA) is 72.8 Å². The Hall–Kier alpha value is -2.40. The normalized spacial score (nSPS) is 12.5. The third kappa shape index (κ3) is 70.1. The number of rotatable bonds is 69. The fourth-order valence-corrected chi connectivity index (χ4v) is 11.4. The van der Waals surface area contributed by atoms with E-state index in [1.807, 2.05) is 0 Å². The molecule has 82 heavy (non-hydrogen) atoms. The molecule has 5 nitrogen and oxygen atoms in total. The van der Waals surface area contributed by atoms with Crippen LogP contribution < -0.4 is 0 Å². The Kier molecular flexibility index (Phi) is 70.7. The molecule has 1 N–H and O–H groups in total. The van der Waals surface area contributed by atoms with Gasteiger partial charge >= 0.3 is 11.9 Å². The van der Waals surface area contributed by atoms with Crippen LogP contribution in [0.1, 0.15) is 399 Å². The zero-order valence-corrected chi connectivity index (χ0v) is 55.3. The Labute approximate surface area is 512 Å². The van der Waals surface area contributed by atoms with Crippen molar-refractivity contribution >= 4 is 11.9 Å². The van der Waals surface area contributed by atoms with Gasteiger partial charge in [-0.25, -0.2) is 0 Å². The molecule has 0 aromatic carbocycles. The zero-order valence-electron chi connectivity index (χ0n) is 55.3. The fourth-order valence-electron chi connectivity index (χ4n) is 11.4. The van der Waals surface area contributed by atoms with E-state index in [4.69, 9.17) is 9.47 Å². The number of carbonyl (C=O) groups is 2. The third-order valence-electron chi connectivity index (χ3n) is 16.8. The molecule has 0 aliphatic carbocycles. The lowest BCUT2D eigenvalue weighted by Crippen LogP contribution is -2.28. The van der Waals surface area contributed by atoms with Crippen molar-refractivity contribution < 1.29 is 24.2 Å². The molecule has 0 bridgehead atoms. The van der Waals surface area contributed by atoms with Gasteiger partial charge in [-0.05, 0) is 57.8 Å². The summed E-state index contributed by atoms with van der Waals surface area (Å²) in [5.41, 5.74) is 0.